The molecule has 1 aliphatic rings. The molecule has 0 atom stereocenters. The zero-order valence-corrected chi connectivity index (χ0v) is 19.8. The Balaban J connectivity index is 1.97. The van der Waals surface area contributed by atoms with Gasteiger partial charge in [-0.3, -0.25) is 0 Å². The molecule has 0 aromatic heterocycles. The fourth-order valence-electron chi connectivity index (χ4n) is 3.75. The van der Waals surface area contributed by atoms with Gasteiger partial charge in [0.25, 0.3) is 0 Å². The van der Waals surface area contributed by atoms with Gasteiger partial charge in [-0.25, -0.2) is 4.79 Å². The summed E-state index contributed by atoms with van der Waals surface area (Å²) in [5.41, 5.74) is 4.74. The number of halogens is 3. The highest BCUT2D eigenvalue weighted by atomic mass is 19.4. The zero-order valence-electron chi connectivity index (χ0n) is 19.8. The Morgan fingerprint density at radius 3 is 2.45 bits per heavy atom. The van der Waals surface area contributed by atoms with Crippen LogP contribution in [-0.2, 0) is 4.79 Å². The molecule has 0 N–H and O–H groups in total. The monoisotopic (exact) mass is 460 g/mol. The number of alkyl halides is 3. The van der Waals surface area contributed by atoms with E-state index in [-0.39, 0.29) is 11.2 Å². The Morgan fingerprint density at radius 1 is 1.09 bits per heavy atom. The van der Waals surface area contributed by atoms with Gasteiger partial charge in [0.2, 0.25) is 0 Å². The molecule has 0 bridgehead atoms. The summed E-state index contributed by atoms with van der Waals surface area (Å²) in [4.78, 5) is 12.1. The number of allylic oxidation sites excluding steroid dienone is 9. The molecule has 0 saturated heterocycles. The van der Waals surface area contributed by atoms with Crippen LogP contribution in [0.15, 0.2) is 83.0 Å². The quantitative estimate of drug-likeness (QED) is 0.179. The van der Waals surface area contributed by atoms with Crippen molar-refractivity contribution in [3.63, 3.8) is 0 Å². The van der Waals surface area contributed by atoms with Crippen LogP contribution >= 0.6 is 0 Å². The van der Waals surface area contributed by atoms with E-state index in [0.29, 0.717) is 5.57 Å². The van der Waals surface area contributed by atoms with Crippen molar-refractivity contribution in [2.45, 2.75) is 60.2 Å². The van der Waals surface area contributed by atoms with Gasteiger partial charge in [-0.2, -0.15) is 0 Å². The summed E-state index contributed by atoms with van der Waals surface area (Å²) >= 11 is 0. The minimum absolute atomic E-state index is 0.0362. The Labute approximate surface area is 194 Å². The first-order chi connectivity index (χ1) is 15.4. The number of esters is 1. The molecular weight excluding hydrogens is 429 g/mol. The normalized spacial score (nSPS) is 17.7. The van der Waals surface area contributed by atoms with Crippen LogP contribution in [0, 0.1) is 5.41 Å². The largest absolute Gasteiger partial charge is 0.573 e. The minimum atomic E-state index is -4.81. The van der Waals surface area contributed by atoms with Gasteiger partial charge >= 0.3 is 12.3 Å². The highest BCUT2D eigenvalue weighted by molar-refractivity contribution is 5.85. The summed E-state index contributed by atoms with van der Waals surface area (Å²) in [5, 5.41) is 0. The molecule has 1 aliphatic carbocycles. The number of benzene rings is 1. The zero-order chi connectivity index (χ0) is 24.6. The average molecular weight is 461 g/mol. The smallest absolute Gasteiger partial charge is 0.423 e. The lowest BCUT2D eigenvalue weighted by atomic mass is 9.72. The molecule has 3 nitrogen and oxygen atoms in total. The molecule has 0 amide bonds. The lowest BCUT2D eigenvalue weighted by Crippen LogP contribution is -2.19. The van der Waals surface area contributed by atoms with E-state index in [1.54, 1.807) is 13.0 Å². The fraction of sp³-hybridized carbons (Fsp3) is 0.370. The predicted molar refractivity (Wildman–Crippen MR) is 125 cm³/mol. The Bertz CT molecular complexity index is 1010. The summed E-state index contributed by atoms with van der Waals surface area (Å²) < 4.78 is 45.9. The third-order valence-electron chi connectivity index (χ3n) is 5.38. The van der Waals surface area contributed by atoms with E-state index in [9.17, 15) is 18.0 Å². The number of rotatable bonds is 7. The predicted octanol–water partition coefficient (Wildman–Crippen LogP) is 8.02. The van der Waals surface area contributed by atoms with E-state index < -0.39 is 18.1 Å². The second-order valence-corrected chi connectivity index (χ2v) is 8.87. The first-order valence-electron chi connectivity index (χ1n) is 10.8. The number of carbonyl (C=O) groups excluding carboxylic acids is 1. The van der Waals surface area contributed by atoms with Gasteiger partial charge in [-0.05, 0) is 68.7 Å². The van der Waals surface area contributed by atoms with Crippen LogP contribution in [0.5, 0.6) is 11.5 Å². The molecule has 0 spiro atoms. The number of carbonyl (C=O) groups is 1. The Morgan fingerprint density at radius 2 is 1.79 bits per heavy atom. The summed E-state index contributed by atoms with van der Waals surface area (Å²) in [6.45, 7) is 10.5. The number of hydrogen-bond acceptors (Lipinski definition) is 3. The first kappa shape index (κ1) is 26.2. The summed E-state index contributed by atoms with van der Waals surface area (Å²) in [6.07, 6.45) is 9.86. The van der Waals surface area contributed by atoms with E-state index in [1.165, 1.54) is 42.2 Å². The molecular formula is C27H31F3O3. The maximum Gasteiger partial charge on any atom is 0.573 e. The molecule has 0 radical (unpaired) electrons. The molecule has 0 heterocycles. The van der Waals surface area contributed by atoms with Crippen molar-refractivity contribution in [3.8, 4) is 11.5 Å². The van der Waals surface area contributed by atoms with E-state index in [1.807, 2.05) is 19.1 Å². The van der Waals surface area contributed by atoms with Crippen LogP contribution < -0.4 is 9.47 Å². The van der Waals surface area contributed by atoms with Crippen LogP contribution in [-0.4, -0.2) is 12.3 Å². The van der Waals surface area contributed by atoms with Crippen molar-refractivity contribution in [1.82, 2.24) is 0 Å². The van der Waals surface area contributed by atoms with Crippen LogP contribution in [0.25, 0.3) is 0 Å². The van der Waals surface area contributed by atoms with E-state index in [0.717, 1.165) is 24.1 Å². The SMILES string of the molecule is CC(C=CC1=C(C)CCCC1(C)C)=CC=CC(C)=CC(=O)Oc1cccc(OC(F)(F)F)c1. The molecule has 1 aromatic carbocycles. The van der Waals surface area contributed by atoms with Gasteiger partial charge in [0, 0.05) is 12.1 Å². The molecule has 0 unspecified atom stereocenters. The van der Waals surface area contributed by atoms with E-state index >= 15 is 0 Å². The molecule has 33 heavy (non-hydrogen) atoms. The van der Waals surface area contributed by atoms with Crippen molar-refractivity contribution in [3.05, 3.63) is 83.0 Å². The first-order valence-corrected chi connectivity index (χ1v) is 10.8. The van der Waals surface area contributed by atoms with Crippen LogP contribution in [0.3, 0.4) is 0 Å². The second-order valence-electron chi connectivity index (χ2n) is 8.87. The van der Waals surface area contributed by atoms with Crippen molar-refractivity contribution < 1.29 is 27.4 Å². The van der Waals surface area contributed by atoms with Crippen LogP contribution in [0.1, 0.15) is 53.9 Å². The van der Waals surface area contributed by atoms with E-state index in [4.69, 9.17) is 4.74 Å². The standard InChI is InChI=1S/C27H31F3O3/c1-19(14-15-24-21(3)11-8-16-26(24,4)5)9-6-10-20(2)17-25(31)32-22-12-7-13-23(18-22)33-27(28,29)30/h6-7,9-10,12-15,17-18H,8,11,16H2,1-5H3. The number of ether oxygens (including phenoxy) is 2. The van der Waals surface area contributed by atoms with Crippen molar-refractivity contribution in [2.24, 2.45) is 5.41 Å². The third-order valence-corrected chi connectivity index (χ3v) is 5.38. The molecule has 2 rings (SSSR count). The maximum atomic E-state index is 12.3. The van der Waals surface area contributed by atoms with Gasteiger partial charge in [0.05, 0.1) is 0 Å². The minimum Gasteiger partial charge on any atom is -0.423 e. The van der Waals surface area contributed by atoms with Crippen molar-refractivity contribution in [1.29, 1.82) is 0 Å². The van der Waals surface area contributed by atoms with Crippen molar-refractivity contribution in [2.75, 3.05) is 0 Å². The van der Waals surface area contributed by atoms with Gasteiger partial charge in [-0.1, -0.05) is 61.4 Å². The molecule has 0 fully saturated rings. The second kappa shape index (κ2) is 11.2. The number of hydrogen-bond donors (Lipinski definition) is 0. The molecule has 0 aliphatic heterocycles. The summed E-state index contributed by atoms with van der Waals surface area (Å²) in [7, 11) is 0. The van der Waals surface area contributed by atoms with Gasteiger partial charge < -0.3 is 9.47 Å². The molecule has 0 saturated carbocycles. The lowest BCUT2D eigenvalue weighted by molar-refractivity contribution is -0.274. The summed E-state index contributed by atoms with van der Waals surface area (Å²) in [5.74, 6) is -1.18. The molecule has 178 valence electrons. The van der Waals surface area contributed by atoms with Crippen LogP contribution in [0.2, 0.25) is 0 Å². The molecule has 6 heteroatoms. The fourth-order valence-corrected chi connectivity index (χ4v) is 3.75. The lowest BCUT2D eigenvalue weighted by Gasteiger charge is -2.32. The van der Waals surface area contributed by atoms with Gasteiger partial charge in [0.15, 0.2) is 0 Å². The van der Waals surface area contributed by atoms with Gasteiger partial charge in [0.1, 0.15) is 11.5 Å². The Hall–Kier alpha value is -3.02. The topological polar surface area (TPSA) is 35.5 Å². The van der Waals surface area contributed by atoms with Gasteiger partial charge in [-0.15, -0.1) is 13.2 Å². The third kappa shape index (κ3) is 9.16. The highest BCUT2D eigenvalue weighted by Gasteiger charge is 2.31. The maximum absolute atomic E-state index is 12.3. The molecule has 1 aromatic rings. The average Bonchev–Trinajstić information content (AvgIpc) is 2.65. The van der Waals surface area contributed by atoms with E-state index in [2.05, 4.69) is 37.7 Å². The Kier molecular flexibility index (Phi) is 8.91. The van der Waals surface area contributed by atoms with Crippen LogP contribution in [0.4, 0.5) is 13.2 Å². The highest BCUT2D eigenvalue weighted by Crippen LogP contribution is 2.40. The summed E-state index contributed by atoms with van der Waals surface area (Å²) in [6, 6.07) is 4.83. The van der Waals surface area contributed by atoms with Crippen molar-refractivity contribution >= 4 is 5.97 Å².